The second-order valence-corrected chi connectivity index (χ2v) is 5.58. The lowest BCUT2D eigenvalue weighted by Crippen LogP contribution is -2.40. The fourth-order valence-corrected chi connectivity index (χ4v) is 2.76. The fraction of sp³-hybridized carbons (Fsp3) is 0.533. The third-order valence-electron chi connectivity index (χ3n) is 3.46. The van der Waals surface area contributed by atoms with E-state index >= 15 is 0 Å². The third-order valence-corrected chi connectivity index (χ3v) is 3.46. The van der Waals surface area contributed by atoms with Crippen molar-refractivity contribution in [2.45, 2.75) is 20.3 Å². The Hall–Kier alpha value is -1.55. The maximum atomic E-state index is 10.7. The summed E-state index contributed by atoms with van der Waals surface area (Å²) < 4.78 is 5.71. The van der Waals surface area contributed by atoms with Gasteiger partial charge < -0.3 is 9.84 Å². The van der Waals surface area contributed by atoms with Crippen molar-refractivity contribution < 1.29 is 14.6 Å². The Morgan fingerprint density at radius 2 is 1.84 bits per heavy atom. The zero-order chi connectivity index (χ0) is 13.8. The molecule has 4 nitrogen and oxygen atoms in total. The van der Waals surface area contributed by atoms with E-state index in [4.69, 9.17) is 9.84 Å². The number of benzene rings is 1. The summed E-state index contributed by atoms with van der Waals surface area (Å²) in [5.74, 6) is 1.23. The van der Waals surface area contributed by atoms with Crippen molar-refractivity contribution in [2.75, 3.05) is 19.8 Å². The lowest BCUT2D eigenvalue weighted by Gasteiger charge is -2.34. The standard InChI is InChI=1S/C15H21NO3/c1-11-7-12(2)9-16(8-11)10-19-14-5-3-13(4-6-14)15(17)18/h3-6,11-12H,7-10H2,1-2H3,(H,17,18). The van der Waals surface area contributed by atoms with Crippen LogP contribution >= 0.6 is 0 Å². The quantitative estimate of drug-likeness (QED) is 0.907. The van der Waals surface area contributed by atoms with E-state index in [1.807, 2.05) is 0 Å². The molecule has 0 bridgehead atoms. The number of carbonyl (C=O) groups is 1. The van der Waals surface area contributed by atoms with Gasteiger partial charge in [-0.25, -0.2) is 4.79 Å². The van der Waals surface area contributed by atoms with E-state index < -0.39 is 5.97 Å². The van der Waals surface area contributed by atoms with Crippen LogP contribution in [0.3, 0.4) is 0 Å². The molecule has 1 aliphatic rings. The molecular formula is C15H21NO3. The van der Waals surface area contributed by atoms with Crippen molar-refractivity contribution in [2.24, 2.45) is 11.8 Å². The van der Waals surface area contributed by atoms with Gasteiger partial charge in [-0.3, -0.25) is 4.90 Å². The molecule has 104 valence electrons. The van der Waals surface area contributed by atoms with Crippen LogP contribution < -0.4 is 4.74 Å². The Morgan fingerprint density at radius 1 is 1.26 bits per heavy atom. The summed E-state index contributed by atoms with van der Waals surface area (Å²) in [6.45, 7) is 7.24. The zero-order valence-electron chi connectivity index (χ0n) is 11.5. The average molecular weight is 263 g/mol. The van der Waals surface area contributed by atoms with Crippen LogP contribution in [-0.4, -0.2) is 35.8 Å². The molecule has 1 aromatic rings. The maximum absolute atomic E-state index is 10.7. The summed E-state index contributed by atoms with van der Waals surface area (Å²) in [6, 6.07) is 6.55. The molecule has 0 aromatic heterocycles. The summed E-state index contributed by atoms with van der Waals surface area (Å²) >= 11 is 0. The Labute approximate surface area is 114 Å². The van der Waals surface area contributed by atoms with Crippen LogP contribution in [0, 0.1) is 11.8 Å². The van der Waals surface area contributed by atoms with E-state index in [1.54, 1.807) is 24.3 Å². The molecule has 0 spiro atoms. The van der Waals surface area contributed by atoms with Gasteiger partial charge in [0.1, 0.15) is 12.5 Å². The molecule has 19 heavy (non-hydrogen) atoms. The van der Waals surface area contributed by atoms with E-state index in [0.717, 1.165) is 18.8 Å². The predicted molar refractivity (Wildman–Crippen MR) is 73.4 cm³/mol. The minimum Gasteiger partial charge on any atom is -0.478 e. The zero-order valence-corrected chi connectivity index (χ0v) is 11.5. The maximum Gasteiger partial charge on any atom is 0.335 e. The summed E-state index contributed by atoms with van der Waals surface area (Å²) in [4.78, 5) is 13.1. The summed E-state index contributed by atoms with van der Waals surface area (Å²) in [5.41, 5.74) is 0.285. The molecule has 0 radical (unpaired) electrons. The van der Waals surface area contributed by atoms with Gasteiger partial charge in [0.2, 0.25) is 0 Å². The van der Waals surface area contributed by atoms with E-state index in [1.165, 1.54) is 6.42 Å². The molecule has 0 saturated carbocycles. The van der Waals surface area contributed by atoms with Gasteiger partial charge in [0.15, 0.2) is 0 Å². The SMILES string of the molecule is CC1CC(C)CN(COc2ccc(C(=O)O)cc2)C1. The highest BCUT2D eigenvalue weighted by Crippen LogP contribution is 2.21. The first kappa shape index (κ1) is 13.9. The first-order valence-corrected chi connectivity index (χ1v) is 6.73. The summed E-state index contributed by atoms with van der Waals surface area (Å²) in [5, 5.41) is 8.82. The molecule has 1 N–H and O–H groups in total. The minimum atomic E-state index is -0.912. The van der Waals surface area contributed by atoms with Gasteiger partial charge in [-0.05, 0) is 42.5 Å². The molecule has 1 saturated heterocycles. The number of nitrogens with zero attached hydrogens (tertiary/aromatic N) is 1. The Kier molecular flexibility index (Phi) is 4.43. The number of piperidine rings is 1. The fourth-order valence-electron chi connectivity index (χ4n) is 2.76. The number of ether oxygens (including phenoxy) is 1. The van der Waals surface area contributed by atoms with Crippen LogP contribution in [-0.2, 0) is 0 Å². The number of aromatic carboxylic acids is 1. The molecule has 4 heteroatoms. The number of hydrogen-bond donors (Lipinski definition) is 1. The lowest BCUT2D eigenvalue weighted by atomic mass is 9.92. The minimum absolute atomic E-state index is 0.285. The normalized spacial score (nSPS) is 24.1. The number of likely N-dealkylation sites (tertiary alicyclic amines) is 1. The molecule has 0 amide bonds. The van der Waals surface area contributed by atoms with Gasteiger partial charge in [0, 0.05) is 13.1 Å². The van der Waals surface area contributed by atoms with Crippen LogP contribution in [0.4, 0.5) is 0 Å². The van der Waals surface area contributed by atoms with Crippen molar-refractivity contribution in [3.05, 3.63) is 29.8 Å². The third kappa shape index (κ3) is 3.96. The van der Waals surface area contributed by atoms with Crippen LogP contribution in [0.25, 0.3) is 0 Å². The number of carboxylic acids is 1. The average Bonchev–Trinajstić information content (AvgIpc) is 2.36. The van der Waals surface area contributed by atoms with Gasteiger partial charge in [-0.15, -0.1) is 0 Å². The molecule has 0 aliphatic carbocycles. The summed E-state index contributed by atoms with van der Waals surface area (Å²) in [6.07, 6.45) is 1.28. The second-order valence-electron chi connectivity index (χ2n) is 5.58. The van der Waals surface area contributed by atoms with Gasteiger partial charge in [0.05, 0.1) is 5.56 Å². The van der Waals surface area contributed by atoms with Gasteiger partial charge in [-0.2, -0.15) is 0 Å². The van der Waals surface area contributed by atoms with Crippen molar-refractivity contribution in [3.63, 3.8) is 0 Å². The highest BCUT2D eigenvalue weighted by molar-refractivity contribution is 5.87. The van der Waals surface area contributed by atoms with E-state index in [9.17, 15) is 4.79 Å². The molecule has 2 atom stereocenters. The van der Waals surface area contributed by atoms with Crippen LogP contribution in [0.15, 0.2) is 24.3 Å². The van der Waals surface area contributed by atoms with Crippen molar-refractivity contribution in [1.29, 1.82) is 0 Å². The molecule has 1 heterocycles. The molecular weight excluding hydrogens is 242 g/mol. The van der Waals surface area contributed by atoms with Crippen molar-refractivity contribution in [1.82, 2.24) is 4.90 Å². The Balaban J connectivity index is 1.86. The van der Waals surface area contributed by atoms with Gasteiger partial charge >= 0.3 is 5.97 Å². The number of hydrogen-bond acceptors (Lipinski definition) is 3. The highest BCUT2D eigenvalue weighted by atomic mass is 16.5. The lowest BCUT2D eigenvalue weighted by molar-refractivity contribution is 0.0621. The largest absolute Gasteiger partial charge is 0.478 e. The first-order chi connectivity index (χ1) is 9.04. The van der Waals surface area contributed by atoms with Crippen LogP contribution in [0.5, 0.6) is 5.75 Å². The molecule has 2 rings (SSSR count). The van der Waals surface area contributed by atoms with Crippen LogP contribution in [0.2, 0.25) is 0 Å². The second kappa shape index (κ2) is 6.06. The molecule has 1 fully saturated rings. The monoisotopic (exact) mass is 263 g/mol. The van der Waals surface area contributed by atoms with Gasteiger partial charge in [-0.1, -0.05) is 13.8 Å². The smallest absolute Gasteiger partial charge is 0.335 e. The van der Waals surface area contributed by atoms with E-state index in [0.29, 0.717) is 18.6 Å². The molecule has 2 unspecified atom stereocenters. The van der Waals surface area contributed by atoms with Gasteiger partial charge in [0.25, 0.3) is 0 Å². The molecule has 1 aromatic carbocycles. The Bertz CT molecular complexity index is 420. The predicted octanol–water partition coefficient (Wildman–Crippen LogP) is 2.70. The van der Waals surface area contributed by atoms with E-state index in [-0.39, 0.29) is 5.56 Å². The number of rotatable bonds is 4. The number of carboxylic acid groups (broad SMARTS) is 1. The Morgan fingerprint density at radius 3 is 2.37 bits per heavy atom. The van der Waals surface area contributed by atoms with Crippen molar-refractivity contribution >= 4 is 5.97 Å². The first-order valence-electron chi connectivity index (χ1n) is 6.73. The highest BCUT2D eigenvalue weighted by Gasteiger charge is 2.21. The topological polar surface area (TPSA) is 49.8 Å². The molecule has 1 aliphatic heterocycles. The summed E-state index contributed by atoms with van der Waals surface area (Å²) in [7, 11) is 0. The van der Waals surface area contributed by atoms with E-state index in [2.05, 4.69) is 18.7 Å². The van der Waals surface area contributed by atoms with Crippen LogP contribution in [0.1, 0.15) is 30.6 Å². The van der Waals surface area contributed by atoms with Crippen molar-refractivity contribution in [3.8, 4) is 5.75 Å².